The molecule has 0 radical (unpaired) electrons. The molecule has 2 saturated heterocycles. The molecule has 1 aromatic rings. The Labute approximate surface area is 121 Å². The van der Waals surface area contributed by atoms with Gasteiger partial charge in [0.15, 0.2) is 5.60 Å². The van der Waals surface area contributed by atoms with Crippen molar-refractivity contribution in [1.82, 2.24) is 0 Å². The molecule has 4 rings (SSSR count). The van der Waals surface area contributed by atoms with Crippen LogP contribution in [0.2, 0.25) is 0 Å². The Morgan fingerprint density at radius 3 is 2.57 bits per heavy atom. The van der Waals surface area contributed by atoms with Gasteiger partial charge in [0.1, 0.15) is 11.3 Å². The minimum Gasteiger partial charge on any atom is -0.496 e. The Morgan fingerprint density at radius 1 is 1.29 bits per heavy atom. The van der Waals surface area contributed by atoms with Crippen molar-refractivity contribution in [3.63, 3.8) is 0 Å². The third kappa shape index (κ3) is 1.82. The highest BCUT2D eigenvalue weighted by atomic mass is 16.6. The maximum atomic E-state index is 11.8. The van der Waals surface area contributed by atoms with E-state index in [4.69, 9.17) is 14.2 Å². The zero-order chi connectivity index (χ0) is 15.3. The predicted molar refractivity (Wildman–Crippen MR) is 71.6 cm³/mol. The highest BCUT2D eigenvalue weighted by Crippen LogP contribution is 2.59. The van der Waals surface area contributed by atoms with E-state index in [9.17, 15) is 14.7 Å². The molecule has 0 amide bonds. The van der Waals surface area contributed by atoms with E-state index < -0.39 is 11.6 Å². The number of hydrogen-bond donors (Lipinski definition) is 1. The van der Waals surface area contributed by atoms with Crippen LogP contribution in [0.15, 0.2) is 18.2 Å². The average Bonchev–Trinajstić information content (AvgIpc) is 3.03. The molecule has 21 heavy (non-hydrogen) atoms. The molecule has 1 saturated carbocycles. The molecule has 0 atom stereocenters. The lowest BCUT2D eigenvalue weighted by atomic mass is 9.59. The first-order valence-corrected chi connectivity index (χ1v) is 6.61. The number of rotatable bonds is 4. The SMILES string of the molecule is COC(=O)C12CC(c3ccc(OC)c(C(=O)O)c3)(CO1)C2. The number of benzene rings is 1. The zero-order valence-corrected chi connectivity index (χ0v) is 11.8. The number of aromatic carboxylic acids is 1. The Morgan fingerprint density at radius 2 is 2.00 bits per heavy atom. The molecular weight excluding hydrogens is 276 g/mol. The monoisotopic (exact) mass is 292 g/mol. The topological polar surface area (TPSA) is 82.1 Å². The molecule has 1 aromatic carbocycles. The number of carboxylic acids is 1. The minimum atomic E-state index is -1.04. The first kappa shape index (κ1) is 13.9. The van der Waals surface area contributed by atoms with Crippen LogP contribution in [0.3, 0.4) is 0 Å². The molecule has 2 heterocycles. The first-order chi connectivity index (χ1) is 9.96. The van der Waals surface area contributed by atoms with Gasteiger partial charge in [0.05, 0.1) is 20.8 Å². The Hall–Kier alpha value is -2.08. The fraction of sp³-hybridized carbons (Fsp3) is 0.467. The van der Waals surface area contributed by atoms with E-state index in [1.807, 2.05) is 6.07 Å². The summed E-state index contributed by atoms with van der Waals surface area (Å²) >= 11 is 0. The molecule has 0 aromatic heterocycles. The number of hydrogen-bond acceptors (Lipinski definition) is 5. The summed E-state index contributed by atoms with van der Waals surface area (Å²) in [6, 6.07) is 5.09. The van der Waals surface area contributed by atoms with Crippen molar-refractivity contribution in [2.24, 2.45) is 0 Å². The van der Waals surface area contributed by atoms with Gasteiger partial charge < -0.3 is 19.3 Å². The van der Waals surface area contributed by atoms with Crippen molar-refractivity contribution in [3.05, 3.63) is 29.3 Å². The summed E-state index contributed by atoms with van der Waals surface area (Å²) in [6.07, 6.45) is 1.05. The molecule has 3 fully saturated rings. The average molecular weight is 292 g/mol. The summed E-state index contributed by atoms with van der Waals surface area (Å²) in [5.74, 6) is -1.08. The summed E-state index contributed by atoms with van der Waals surface area (Å²) in [5.41, 5.74) is -0.174. The molecule has 1 N–H and O–H groups in total. The standard InChI is InChI=1S/C15H16O6/c1-19-11-4-3-9(5-10(11)12(16)17)14-6-15(7-14,21-8-14)13(18)20-2/h3-5H,6-8H2,1-2H3,(H,16,17). The highest BCUT2D eigenvalue weighted by Gasteiger charge is 2.67. The van der Waals surface area contributed by atoms with E-state index in [2.05, 4.69) is 0 Å². The van der Waals surface area contributed by atoms with Gasteiger partial charge in [0, 0.05) is 5.41 Å². The maximum absolute atomic E-state index is 11.8. The van der Waals surface area contributed by atoms with E-state index >= 15 is 0 Å². The van der Waals surface area contributed by atoms with Crippen LogP contribution in [0, 0.1) is 0 Å². The summed E-state index contributed by atoms with van der Waals surface area (Å²) in [4.78, 5) is 23.1. The Balaban J connectivity index is 1.92. The van der Waals surface area contributed by atoms with E-state index in [-0.39, 0.29) is 16.9 Å². The number of esters is 1. The van der Waals surface area contributed by atoms with Crippen molar-refractivity contribution in [1.29, 1.82) is 0 Å². The molecule has 0 spiro atoms. The van der Waals surface area contributed by atoms with E-state index in [1.54, 1.807) is 12.1 Å². The molecule has 6 heteroatoms. The van der Waals surface area contributed by atoms with Crippen molar-refractivity contribution < 1.29 is 28.9 Å². The second-order valence-corrected chi connectivity index (χ2v) is 5.63. The third-order valence-corrected chi connectivity index (χ3v) is 4.47. The summed E-state index contributed by atoms with van der Waals surface area (Å²) in [7, 11) is 2.78. The maximum Gasteiger partial charge on any atom is 0.339 e. The van der Waals surface area contributed by atoms with Gasteiger partial charge in [0.2, 0.25) is 0 Å². The van der Waals surface area contributed by atoms with Gasteiger partial charge in [0.25, 0.3) is 0 Å². The second kappa shape index (κ2) is 4.46. The van der Waals surface area contributed by atoms with Crippen LogP contribution in [0.5, 0.6) is 5.75 Å². The minimum absolute atomic E-state index is 0.117. The lowest BCUT2D eigenvalue weighted by Crippen LogP contribution is -2.52. The second-order valence-electron chi connectivity index (χ2n) is 5.63. The van der Waals surface area contributed by atoms with E-state index in [0.29, 0.717) is 25.2 Å². The van der Waals surface area contributed by atoms with Crippen molar-refractivity contribution in [2.45, 2.75) is 23.9 Å². The van der Waals surface area contributed by atoms with Gasteiger partial charge in [-0.3, -0.25) is 0 Å². The third-order valence-electron chi connectivity index (χ3n) is 4.47. The molecule has 2 aliphatic heterocycles. The van der Waals surface area contributed by atoms with Crippen LogP contribution in [0.4, 0.5) is 0 Å². The number of ether oxygens (including phenoxy) is 3. The fourth-order valence-electron chi connectivity index (χ4n) is 3.40. The lowest BCUT2D eigenvalue weighted by Gasteiger charge is -2.42. The molecule has 0 unspecified atom stereocenters. The van der Waals surface area contributed by atoms with Gasteiger partial charge in [-0.05, 0) is 30.5 Å². The van der Waals surface area contributed by atoms with Crippen molar-refractivity contribution in [2.75, 3.05) is 20.8 Å². The molecule has 112 valence electrons. The molecule has 2 bridgehead atoms. The van der Waals surface area contributed by atoms with Crippen molar-refractivity contribution >= 4 is 11.9 Å². The van der Waals surface area contributed by atoms with Crippen LogP contribution < -0.4 is 4.74 Å². The number of fused-ring (bicyclic) bond motifs is 1. The number of methoxy groups -OCH3 is 2. The van der Waals surface area contributed by atoms with Gasteiger partial charge in [-0.15, -0.1) is 0 Å². The normalized spacial score (nSPS) is 29.6. The van der Waals surface area contributed by atoms with Gasteiger partial charge in [-0.25, -0.2) is 9.59 Å². The predicted octanol–water partition coefficient (Wildman–Crippen LogP) is 1.37. The largest absolute Gasteiger partial charge is 0.496 e. The van der Waals surface area contributed by atoms with Gasteiger partial charge in [-0.2, -0.15) is 0 Å². The summed E-state index contributed by atoms with van der Waals surface area (Å²) < 4.78 is 15.5. The van der Waals surface area contributed by atoms with Gasteiger partial charge >= 0.3 is 11.9 Å². The zero-order valence-electron chi connectivity index (χ0n) is 11.8. The lowest BCUT2D eigenvalue weighted by molar-refractivity contribution is -0.166. The van der Waals surface area contributed by atoms with Crippen LogP contribution in [-0.2, 0) is 19.7 Å². The number of carbonyl (C=O) groups is 2. The number of carboxylic acid groups (broad SMARTS) is 1. The Bertz CT molecular complexity index is 615. The molecule has 6 nitrogen and oxygen atoms in total. The van der Waals surface area contributed by atoms with E-state index in [0.717, 1.165) is 5.56 Å². The molecule has 1 aliphatic carbocycles. The molecular formula is C15H16O6. The molecule has 3 aliphatic rings. The van der Waals surface area contributed by atoms with Crippen LogP contribution >= 0.6 is 0 Å². The van der Waals surface area contributed by atoms with Crippen molar-refractivity contribution in [3.8, 4) is 5.75 Å². The van der Waals surface area contributed by atoms with Crippen LogP contribution in [-0.4, -0.2) is 43.5 Å². The summed E-state index contributed by atoms with van der Waals surface area (Å²) in [5, 5.41) is 9.25. The van der Waals surface area contributed by atoms with Crippen LogP contribution in [0.25, 0.3) is 0 Å². The first-order valence-electron chi connectivity index (χ1n) is 6.61. The highest BCUT2D eigenvalue weighted by molar-refractivity contribution is 5.91. The smallest absolute Gasteiger partial charge is 0.339 e. The number of carbonyl (C=O) groups excluding carboxylic acids is 1. The van der Waals surface area contributed by atoms with E-state index in [1.165, 1.54) is 14.2 Å². The summed E-state index contributed by atoms with van der Waals surface area (Å²) in [6.45, 7) is 0.396. The fourth-order valence-corrected chi connectivity index (χ4v) is 3.40. The quantitative estimate of drug-likeness (QED) is 0.844. The Kier molecular flexibility index (Phi) is 2.95. The van der Waals surface area contributed by atoms with Crippen LogP contribution in [0.1, 0.15) is 28.8 Å². The van der Waals surface area contributed by atoms with Gasteiger partial charge in [-0.1, -0.05) is 6.07 Å².